The van der Waals surface area contributed by atoms with Gasteiger partial charge in [-0.2, -0.15) is 0 Å². The summed E-state index contributed by atoms with van der Waals surface area (Å²) >= 11 is 0. The van der Waals surface area contributed by atoms with Crippen molar-refractivity contribution < 1.29 is 4.79 Å². The van der Waals surface area contributed by atoms with Crippen LogP contribution in [0.3, 0.4) is 0 Å². The smallest absolute Gasteiger partial charge is 0.254 e. The summed E-state index contributed by atoms with van der Waals surface area (Å²) in [6.45, 7) is 1.88. The fourth-order valence-corrected chi connectivity index (χ4v) is 4.23. The Bertz CT molecular complexity index is 1360. The molecule has 5 aromatic rings. The molecule has 162 valence electrons. The fraction of sp³-hybridized carbons (Fsp3) is 0.100. The number of benzene rings is 4. The van der Waals surface area contributed by atoms with Crippen molar-refractivity contribution in [3.63, 3.8) is 0 Å². The van der Waals surface area contributed by atoms with Gasteiger partial charge in [0.15, 0.2) is 0 Å². The Morgan fingerprint density at radius 3 is 2.06 bits per heavy atom. The van der Waals surface area contributed by atoms with E-state index in [2.05, 4.69) is 71.4 Å². The van der Waals surface area contributed by atoms with Crippen molar-refractivity contribution in [1.29, 1.82) is 0 Å². The van der Waals surface area contributed by atoms with E-state index in [4.69, 9.17) is 0 Å². The molecule has 0 bridgehead atoms. The molecule has 5 rings (SSSR count). The Morgan fingerprint density at radius 1 is 0.636 bits per heavy atom. The zero-order valence-corrected chi connectivity index (χ0v) is 18.5. The highest BCUT2D eigenvalue weighted by Gasteiger charge is 2.19. The summed E-state index contributed by atoms with van der Waals surface area (Å²) in [5.41, 5.74) is 4.19. The largest absolute Gasteiger partial charge is 0.345 e. The molecule has 1 heterocycles. The third-order valence-corrected chi connectivity index (χ3v) is 5.97. The number of aromatic nitrogens is 1. The standard InChI is InChI=1S/C30H26N2O/c33-30(28-18-17-26-14-7-8-15-27(26)20-28)32(22-25-12-5-2-6-13-25)23-29-16-9-19-31(29)21-24-10-3-1-4-11-24/h1-20H,21-23H2. The van der Waals surface area contributed by atoms with Gasteiger partial charge in [0.25, 0.3) is 5.91 Å². The Labute approximate surface area is 194 Å². The van der Waals surface area contributed by atoms with Gasteiger partial charge in [-0.05, 0) is 46.2 Å². The number of rotatable bonds is 7. The number of carbonyl (C=O) groups is 1. The molecule has 0 atom stereocenters. The second-order valence-corrected chi connectivity index (χ2v) is 8.32. The van der Waals surface area contributed by atoms with Gasteiger partial charge in [0.2, 0.25) is 0 Å². The van der Waals surface area contributed by atoms with Crippen LogP contribution < -0.4 is 0 Å². The average molecular weight is 431 g/mol. The van der Waals surface area contributed by atoms with E-state index < -0.39 is 0 Å². The lowest BCUT2D eigenvalue weighted by molar-refractivity contribution is 0.0726. The van der Waals surface area contributed by atoms with Crippen LogP contribution >= 0.6 is 0 Å². The lowest BCUT2D eigenvalue weighted by Gasteiger charge is -2.24. The summed E-state index contributed by atoms with van der Waals surface area (Å²) in [5.74, 6) is 0.0390. The zero-order chi connectivity index (χ0) is 22.5. The minimum Gasteiger partial charge on any atom is -0.345 e. The average Bonchev–Trinajstić information content (AvgIpc) is 3.30. The highest BCUT2D eigenvalue weighted by Crippen LogP contribution is 2.20. The summed E-state index contributed by atoms with van der Waals surface area (Å²) in [6.07, 6.45) is 2.09. The Kier molecular flexibility index (Phi) is 6.03. The highest BCUT2D eigenvalue weighted by molar-refractivity contribution is 5.98. The SMILES string of the molecule is O=C(c1ccc2ccccc2c1)N(Cc1ccccc1)Cc1cccn1Cc1ccccc1. The first-order valence-corrected chi connectivity index (χ1v) is 11.3. The summed E-state index contributed by atoms with van der Waals surface area (Å²) in [4.78, 5) is 15.6. The monoisotopic (exact) mass is 430 g/mol. The van der Waals surface area contributed by atoms with Gasteiger partial charge in [0, 0.05) is 30.5 Å². The second-order valence-electron chi connectivity index (χ2n) is 8.32. The summed E-state index contributed by atoms with van der Waals surface area (Å²) < 4.78 is 2.22. The van der Waals surface area contributed by atoms with Crippen molar-refractivity contribution >= 4 is 16.7 Å². The highest BCUT2D eigenvalue weighted by atomic mass is 16.2. The van der Waals surface area contributed by atoms with Gasteiger partial charge in [-0.3, -0.25) is 4.79 Å². The lowest BCUT2D eigenvalue weighted by atomic mass is 10.1. The van der Waals surface area contributed by atoms with E-state index in [0.29, 0.717) is 18.7 Å². The minimum absolute atomic E-state index is 0.0390. The van der Waals surface area contributed by atoms with Crippen LogP contribution in [0.4, 0.5) is 0 Å². The van der Waals surface area contributed by atoms with Gasteiger partial charge < -0.3 is 9.47 Å². The molecule has 3 nitrogen and oxygen atoms in total. The first-order chi connectivity index (χ1) is 16.3. The van der Waals surface area contributed by atoms with E-state index in [0.717, 1.165) is 28.6 Å². The Morgan fingerprint density at radius 2 is 1.30 bits per heavy atom. The molecule has 0 aliphatic carbocycles. The van der Waals surface area contributed by atoms with Crippen LogP contribution in [0.1, 0.15) is 27.2 Å². The van der Waals surface area contributed by atoms with Gasteiger partial charge in [-0.25, -0.2) is 0 Å². The van der Waals surface area contributed by atoms with Crippen LogP contribution in [0.25, 0.3) is 10.8 Å². The van der Waals surface area contributed by atoms with Crippen molar-refractivity contribution in [2.75, 3.05) is 0 Å². The number of fused-ring (bicyclic) bond motifs is 1. The minimum atomic E-state index is 0.0390. The summed E-state index contributed by atoms with van der Waals surface area (Å²) in [7, 11) is 0. The molecule has 3 heteroatoms. The Balaban J connectivity index is 1.45. The molecular weight excluding hydrogens is 404 g/mol. The molecule has 0 saturated heterocycles. The predicted molar refractivity (Wildman–Crippen MR) is 134 cm³/mol. The van der Waals surface area contributed by atoms with Crippen LogP contribution in [0.15, 0.2) is 121 Å². The number of hydrogen-bond donors (Lipinski definition) is 0. The van der Waals surface area contributed by atoms with Crippen molar-refractivity contribution in [3.05, 3.63) is 144 Å². The van der Waals surface area contributed by atoms with E-state index in [-0.39, 0.29) is 5.91 Å². The van der Waals surface area contributed by atoms with Gasteiger partial charge in [0.1, 0.15) is 0 Å². The molecule has 0 aliphatic rings. The molecular formula is C30H26N2O. The Hall–Kier alpha value is -4.11. The maximum Gasteiger partial charge on any atom is 0.254 e. The third-order valence-electron chi connectivity index (χ3n) is 5.97. The number of nitrogens with zero attached hydrogens (tertiary/aromatic N) is 2. The van der Waals surface area contributed by atoms with Gasteiger partial charge in [-0.15, -0.1) is 0 Å². The second kappa shape index (κ2) is 9.58. The fourth-order valence-electron chi connectivity index (χ4n) is 4.23. The molecule has 1 aromatic heterocycles. The number of amides is 1. The van der Waals surface area contributed by atoms with E-state index in [1.54, 1.807) is 0 Å². The van der Waals surface area contributed by atoms with Crippen molar-refractivity contribution in [3.8, 4) is 0 Å². The van der Waals surface area contributed by atoms with Crippen LogP contribution in [0.2, 0.25) is 0 Å². The van der Waals surface area contributed by atoms with Crippen LogP contribution in [0.5, 0.6) is 0 Å². The number of hydrogen-bond acceptors (Lipinski definition) is 1. The van der Waals surface area contributed by atoms with E-state index in [1.165, 1.54) is 5.56 Å². The third kappa shape index (κ3) is 4.88. The molecule has 0 saturated carbocycles. The summed E-state index contributed by atoms with van der Waals surface area (Å²) in [6, 6.07) is 38.9. The first kappa shape index (κ1) is 20.8. The van der Waals surface area contributed by atoms with Crippen molar-refractivity contribution in [2.45, 2.75) is 19.6 Å². The molecule has 0 aliphatic heterocycles. The molecule has 0 unspecified atom stereocenters. The lowest BCUT2D eigenvalue weighted by Crippen LogP contribution is -2.31. The normalized spacial score (nSPS) is 10.9. The predicted octanol–water partition coefficient (Wildman–Crippen LogP) is 6.53. The molecule has 1 amide bonds. The molecule has 0 N–H and O–H groups in total. The van der Waals surface area contributed by atoms with Crippen LogP contribution in [0, 0.1) is 0 Å². The van der Waals surface area contributed by atoms with Crippen molar-refractivity contribution in [1.82, 2.24) is 9.47 Å². The zero-order valence-electron chi connectivity index (χ0n) is 18.5. The van der Waals surface area contributed by atoms with Gasteiger partial charge >= 0.3 is 0 Å². The molecule has 4 aromatic carbocycles. The van der Waals surface area contributed by atoms with Crippen LogP contribution in [-0.4, -0.2) is 15.4 Å². The van der Waals surface area contributed by atoms with Gasteiger partial charge in [-0.1, -0.05) is 91.0 Å². The maximum absolute atomic E-state index is 13.7. The van der Waals surface area contributed by atoms with E-state index in [1.807, 2.05) is 59.5 Å². The molecule has 33 heavy (non-hydrogen) atoms. The summed E-state index contributed by atoms with van der Waals surface area (Å²) in [5, 5.41) is 2.22. The van der Waals surface area contributed by atoms with E-state index >= 15 is 0 Å². The van der Waals surface area contributed by atoms with Crippen molar-refractivity contribution in [2.24, 2.45) is 0 Å². The molecule has 0 radical (unpaired) electrons. The van der Waals surface area contributed by atoms with Crippen LogP contribution in [-0.2, 0) is 19.6 Å². The first-order valence-electron chi connectivity index (χ1n) is 11.3. The van der Waals surface area contributed by atoms with E-state index in [9.17, 15) is 4.79 Å². The van der Waals surface area contributed by atoms with Gasteiger partial charge in [0.05, 0.1) is 6.54 Å². The molecule has 0 fully saturated rings. The topological polar surface area (TPSA) is 25.2 Å². The molecule has 0 spiro atoms. The number of carbonyl (C=O) groups excluding carboxylic acids is 1. The quantitative estimate of drug-likeness (QED) is 0.288. The maximum atomic E-state index is 13.7.